The van der Waals surface area contributed by atoms with E-state index in [-0.39, 0.29) is 10.6 Å². The fraction of sp³-hybridized carbons (Fsp3) is 0. The Morgan fingerprint density at radius 3 is 2.65 bits per heavy atom. The minimum absolute atomic E-state index is 0.246. The Hall–Kier alpha value is -2.19. The summed E-state index contributed by atoms with van der Waals surface area (Å²) in [5.74, 6) is -0.355. The van der Waals surface area contributed by atoms with Gasteiger partial charge in [-0.25, -0.2) is 13.9 Å². The van der Waals surface area contributed by atoms with Crippen molar-refractivity contribution in [3.63, 3.8) is 0 Å². The van der Waals surface area contributed by atoms with Crippen LogP contribution in [0.15, 0.2) is 52.0 Å². The van der Waals surface area contributed by atoms with Crippen molar-refractivity contribution < 1.29 is 8.78 Å². The molecule has 0 radical (unpaired) electrons. The number of aromatic amines is 1. The molecule has 116 valence electrons. The Morgan fingerprint density at radius 1 is 1.17 bits per heavy atom. The van der Waals surface area contributed by atoms with Gasteiger partial charge in [-0.15, -0.1) is 0 Å². The molecule has 0 spiro atoms. The van der Waals surface area contributed by atoms with E-state index in [1.807, 2.05) is 0 Å². The number of aromatic nitrogens is 3. The van der Waals surface area contributed by atoms with Gasteiger partial charge in [0, 0.05) is 15.6 Å². The van der Waals surface area contributed by atoms with E-state index < -0.39 is 5.82 Å². The van der Waals surface area contributed by atoms with Gasteiger partial charge in [-0.3, -0.25) is 0 Å². The molecular formula is C15H9BrF2N4S. The highest BCUT2D eigenvalue weighted by atomic mass is 79.9. The molecule has 8 heteroatoms. The fourth-order valence-corrected chi connectivity index (χ4v) is 2.48. The molecule has 0 aliphatic carbocycles. The van der Waals surface area contributed by atoms with E-state index in [0.29, 0.717) is 17.0 Å². The van der Waals surface area contributed by atoms with Gasteiger partial charge in [-0.2, -0.15) is 14.9 Å². The average molecular weight is 395 g/mol. The molecule has 4 nitrogen and oxygen atoms in total. The summed E-state index contributed by atoms with van der Waals surface area (Å²) >= 11 is 8.40. The summed E-state index contributed by atoms with van der Waals surface area (Å²) in [6.07, 6.45) is 1.35. The molecule has 2 aromatic carbocycles. The first kappa shape index (κ1) is 15.7. The molecule has 0 fully saturated rings. The number of hydrogen-bond acceptors (Lipinski definition) is 3. The molecule has 0 saturated carbocycles. The summed E-state index contributed by atoms with van der Waals surface area (Å²) in [6.45, 7) is 0. The third-order valence-corrected chi connectivity index (χ3v) is 3.78. The molecule has 23 heavy (non-hydrogen) atoms. The topological polar surface area (TPSA) is 46.0 Å². The molecule has 1 heterocycles. The van der Waals surface area contributed by atoms with Crippen LogP contribution in [0.2, 0.25) is 0 Å². The second-order valence-corrected chi connectivity index (χ2v) is 5.88. The van der Waals surface area contributed by atoms with Crippen molar-refractivity contribution >= 4 is 34.4 Å². The molecule has 0 aliphatic heterocycles. The maximum absolute atomic E-state index is 13.8. The molecule has 0 amide bonds. The predicted molar refractivity (Wildman–Crippen MR) is 89.9 cm³/mol. The van der Waals surface area contributed by atoms with Gasteiger partial charge in [0.15, 0.2) is 5.82 Å². The van der Waals surface area contributed by atoms with E-state index in [4.69, 9.17) is 12.2 Å². The SMILES string of the molecule is Fc1ccc(-c2n[nH]c(=S)n2/N=C\c2cc(Br)ccc2F)cc1. The third-order valence-electron chi connectivity index (χ3n) is 3.02. The monoisotopic (exact) mass is 394 g/mol. The van der Waals surface area contributed by atoms with Crippen LogP contribution in [-0.4, -0.2) is 21.1 Å². The Labute approximate surface area is 143 Å². The molecule has 1 aromatic heterocycles. The first-order chi connectivity index (χ1) is 11.0. The molecular weight excluding hydrogens is 386 g/mol. The predicted octanol–water partition coefficient (Wildman–Crippen LogP) is 4.53. The summed E-state index contributed by atoms with van der Waals surface area (Å²) in [5, 5.41) is 10.9. The summed E-state index contributed by atoms with van der Waals surface area (Å²) in [7, 11) is 0. The Morgan fingerprint density at radius 2 is 1.91 bits per heavy atom. The lowest BCUT2D eigenvalue weighted by molar-refractivity contribution is 0.625. The van der Waals surface area contributed by atoms with Gasteiger partial charge in [0.05, 0.1) is 6.21 Å². The number of H-pyrrole nitrogens is 1. The number of rotatable bonds is 3. The average Bonchev–Trinajstić information content (AvgIpc) is 2.90. The van der Waals surface area contributed by atoms with Gasteiger partial charge < -0.3 is 0 Å². The summed E-state index contributed by atoms with van der Waals surface area (Å²) in [6, 6.07) is 10.3. The number of benzene rings is 2. The van der Waals surface area contributed by atoms with Gasteiger partial charge in [-0.05, 0) is 54.7 Å². The van der Waals surface area contributed by atoms with Crippen molar-refractivity contribution in [3.8, 4) is 11.4 Å². The van der Waals surface area contributed by atoms with Crippen LogP contribution in [0, 0.1) is 16.4 Å². The van der Waals surface area contributed by atoms with Crippen molar-refractivity contribution in [2.75, 3.05) is 0 Å². The van der Waals surface area contributed by atoms with Crippen molar-refractivity contribution in [3.05, 3.63) is 68.9 Å². The quantitative estimate of drug-likeness (QED) is 0.523. The third kappa shape index (κ3) is 3.43. The maximum Gasteiger partial charge on any atom is 0.216 e. The Balaban J connectivity index is 2.02. The van der Waals surface area contributed by atoms with E-state index in [9.17, 15) is 8.78 Å². The maximum atomic E-state index is 13.8. The van der Waals surface area contributed by atoms with Crippen molar-refractivity contribution in [2.45, 2.75) is 0 Å². The zero-order valence-electron chi connectivity index (χ0n) is 11.5. The molecule has 1 N–H and O–H groups in total. The lowest BCUT2D eigenvalue weighted by Gasteiger charge is -2.01. The number of nitrogens with zero attached hydrogens (tertiary/aromatic N) is 3. The van der Waals surface area contributed by atoms with Crippen LogP contribution in [0.25, 0.3) is 11.4 Å². The minimum Gasteiger partial charge on any atom is -0.250 e. The smallest absolute Gasteiger partial charge is 0.216 e. The van der Waals surface area contributed by atoms with E-state index in [1.165, 1.54) is 29.1 Å². The van der Waals surface area contributed by atoms with Gasteiger partial charge >= 0.3 is 0 Å². The van der Waals surface area contributed by atoms with E-state index in [1.54, 1.807) is 24.3 Å². The van der Waals surface area contributed by atoms with Crippen LogP contribution in [0.5, 0.6) is 0 Å². The lowest BCUT2D eigenvalue weighted by Crippen LogP contribution is -1.96. The highest BCUT2D eigenvalue weighted by Crippen LogP contribution is 2.18. The van der Waals surface area contributed by atoms with Crippen LogP contribution in [0.1, 0.15) is 5.56 Å². The van der Waals surface area contributed by atoms with E-state index in [2.05, 4.69) is 31.2 Å². The van der Waals surface area contributed by atoms with E-state index in [0.717, 1.165) is 4.47 Å². The van der Waals surface area contributed by atoms with Gasteiger partial charge in [-0.1, -0.05) is 15.9 Å². The second-order valence-electron chi connectivity index (χ2n) is 4.58. The molecule has 3 rings (SSSR count). The fourth-order valence-electron chi connectivity index (χ4n) is 1.92. The Kier molecular flexibility index (Phi) is 4.44. The van der Waals surface area contributed by atoms with Gasteiger partial charge in [0.25, 0.3) is 0 Å². The summed E-state index contributed by atoms with van der Waals surface area (Å²) < 4.78 is 29.1. The van der Waals surface area contributed by atoms with Crippen LogP contribution < -0.4 is 0 Å². The molecule has 3 aromatic rings. The largest absolute Gasteiger partial charge is 0.250 e. The van der Waals surface area contributed by atoms with Crippen LogP contribution in [-0.2, 0) is 0 Å². The molecule has 0 bridgehead atoms. The molecule has 0 atom stereocenters. The number of halogens is 3. The van der Waals surface area contributed by atoms with E-state index >= 15 is 0 Å². The van der Waals surface area contributed by atoms with Crippen LogP contribution in [0.4, 0.5) is 8.78 Å². The van der Waals surface area contributed by atoms with Crippen molar-refractivity contribution in [1.82, 2.24) is 14.9 Å². The molecule has 0 unspecified atom stereocenters. The van der Waals surface area contributed by atoms with Gasteiger partial charge in [0.1, 0.15) is 11.6 Å². The lowest BCUT2D eigenvalue weighted by atomic mass is 10.2. The number of nitrogens with one attached hydrogen (secondary N) is 1. The molecule has 0 saturated heterocycles. The summed E-state index contributed by atoms with van der Waals surface area (Å²) in [4.78, 5) is 0. The van der Waals surface area contributed by atoms with Gasteiger partial charge in [0.2, 0.25) is 4.77 Å². The van der Waals surface area contributed by atoms with Crippen LogP contribution >= 0.6 is 28.1 Å². The summed E-state index contributed by atoms with van der Waals surface area (Å²) in [5.41, 5.74) is 0.929. The minimum atomic E-state index is -0.407. The first-order valence-corrected chi connectivity index (χ1v) is 7.67. The van der Waals surface area contributed by atoms with Crippen molar-refractivity contribution in [2.24, 2.45) is 5.10 Å². The Bertz CT molecular complexity index is 931. The van der Waals surface area contributed by atoms with Crippen LogP contribution in [0.3, 0.4) is 0 Å². The number of hydrogen-bond donors (Lipinski definition) is 1. The normalized spacial score (nSPS) is 11.3. The highest BCUT2D eigenvalue weighted by Gasteiger charge is 2.08. The zero-order chi connectivity index (χ0) is 16.4. The second kappa shape index (κ2) is 6.51. The first-order valence-electron chi connectivity index (χ1n) is 6.47. The van der Waals surface area contributed by atoms with Crippen molar-refractivity contribution in [1.29, 1.82) is 0 Å². The highest BCUT2D eigenvalue weighted by molar-refractivity contribution is 9.10. The standard InChI is InChI=1S/C15H9BrF2N4S/c16-11-3-6-13(18)10(7-11)8-19-22-14(20-21-15(22)23)9-1-4-12(17)5-2-9/h1-8H,(H,21,23)/b19-8-. The zero-order valence-corrected chi connectivity index (χ0v) is 13.9. The molecule has 0 aliphatic rings.